The third-order valence-corrected chi connectivity index (χ3v) is 9.76. The highest BCUT2D eigenvalue weighted by atomic mass is 31.2. The first-order valence-corrected chi connectivity index (χ1v) is 25.7. The lowest BCUT2D eigenvalue weighted by atomic mass is 10.2. The maximum atomic E-state index is 12.7. The molecule has 0 bridgehead atoms. The van der Waals surface area contributed by atoms with E-state index in [9.17, 15) is 33.8 Å². The minimum atomic E-state index is -4.89. The van der Waals surface area contributed by atoms with Crippen molar-refractivity contribution in [3.8, 4) is 0 Å². The van der Waals surface area contributed by atoms with Crippen molar-refractivity contribution in [2.45, 2.75) is 128 Å². The lowest BCUT2D eigenvalue weighted by molar-refractivity contribution is -0.161. The summed E-state index contributed by atoms with van der Waals surface area (Å²) < 4.78 is 47.6. The van der Waals surface area contributed by atoms with Gasteiger partial charge < -0.3 is 34.4 Å². The molecule has 4 atom stereocenters. The van der Waals surface area contributed by atoms with E-state index in [1.807, 2.05) is 72.9 Å². The smallest absolute Gasteiger partial charge is 0.462 e. The van der Waals surface area contributed by atoms with Gasteiger partial charge in [0, 0.05) is 12.8 Å². The van der Waals surface area contributed by atoms with E-state index in [0.717, 1.165) is 51.4 Å². The van der Waals surface area contributed by atoms with Crippen LogP contribution in [0.15, 0.2) is 146 Å². The predicted molar refractivity (Wildman–Crippen MR) is 263 cm³/mol. The van der Waals surface area contributed by atoms with Gasteiger partial charge in [-0.15, -0.1) is 0 Å². The van der Waals surface area contributed by atoms with Gasteiger partial charge in [-0.25, -0.2) is 9.13 Å². The van der Waals surface area contributed by atoms with Gasteiger partial charge in [-0.2, -0.15) is 0 Å². The highest BCUT2D eigenvalue weighted by Crippen LogP contribution is 2.43. The SMILES string of the molecule is CC/C=C\C/C=C\C/C=C\C/C=C\C/C=C\C/C=C\CCC(=O)O[C@H](COC(=O)CC/C=C\C/C=C\C/C=C\C=C\C(O)C/C=C\C/C=C\CC)COP(=O)(O)OC[C@@H](O)COP(=O)(O)O. The Morgan fingerprint density at radius 1 is 0.485 bits per heavy atom. The van der Waals surface area contributed by atoms with Gasteiger partial charge >= 0.3 is 27.6 Å². The summed E-state index contributed by atoms with van der Waals surface area (Å²) in [4.78, 5) is 52.7. The van der Waals surface area contributed by atoms with Crippen LogP contribution >= 0.6 is 15.6 Å². The molecule has 370 valence electrons. The fourth-order valence-electron chi connectivity index (χ4n) is 4.95. The van der Waals surface area contributed by atoms with Gasteiger partial charge in [0.25, 0.3) is 0 Å². The number of hydrogen-bond acceptors (Lipinski definition) is 11. The van der Waals surface area contributed by atoms with Crippen LogP contribution in [0.5, 0.6) is 0 Å². The summed E-state index contributed by atoms with van der Waals surface area (Å²) in [6, 6.07) is 0. The topological polar surface area (TPSA) is 216 Å². The van der Waals surface area contributed by atoms with Crippen LogP contribution in [0.4, 0.5) is 0 Å². The van der Waals surface area contributed by atoms with Gasteiger partial charge in [-0.05, 0) is 83.5 Å². The van der Waals surface area contributed by atoms with Crippen molar-refractivity contribution in [2.75, 3.05) is 26.4 Å². The number of carbonyl (C=O) groups excluding carboxylic acids is 2. The molecule has 0 radical (unpaired) electrons. The van der Waals surface area contributed by atoms with Crippen LogP contribution in [-0.4, -0.2) is 81.6 Å². The maximum Gasteiger partial charge on any atom is 0.472 e. The number of aliphatic hydroxyl groups is 2. The Morgan fingerprint density at radius 3 is 1.38 bits per heavy atom. The largest absolute Gasteiger partial charge is 0.472 e. The Balaban J connectivity index is 4.81. The molecule has 2 unspecified atom stereocenters. The highest BCUT2D eigenvalue weighted by molar-refractivity contribution is 7.47. The molecule has 0 saturated heterocycles. The van der Waals surface area contributed by atoms with Crippen molar-refractivity contribution < 1.29 is 66.7 Å². The molecule has 0 aromatic rings. The van der Waals surface area contributed by atoms with E-state index >= 15 is 0 Å². The molecule has 0 rings (SSSR count). The van der Waals surface area contributed by atoms with Gasteiger partial charge in [0.15, 0.2) is 6.10 Å². The summed E-state index contributed by atoms with van der Waals surface area (Å²) in [5, 5.41) is 19.8. The Hall–Kier alpha value is -4.04. The third-order valence-electron chi connectivity index (χ3n) is 8.32. The molecule has 0 fully saturated rings. The lowest BCUT2D eigenvalue weighted by Gasteiger charge is -2.20. The van der Waals surface area contributed by atoms with Crippen LogP contribution < -0.4 is 0 Å². The number of rotatable bonds is 40. The number of hydrogen-bond donors (Lipinski definition) is 5. The van der Waals surface area contributed by atoms with Crippen molar-refractivity contribution >= 4 is 27.6 Å². The minimum absolute atomic E-state index is 0.0210. The fraction of sp³-hybridized carbons (Fsp3) is 0.480. The summed E-state index contributed by atoms with van der Waals surface area (Å²) >= 11 is 0. The normalized spacial score (nSPS) is 15.7. The molecule has 14 nitrogen and oxygen atoms in total. The average molecular weight is 963 g/mol. The fourth-order valence-corrected chi connectivity index (χ4v) is 6.11. The molecule has 0 aliphatic carbocycles. The average Bonchev–Trinajstić information content (AvgIpc) is 3.28. The van der Waals surface area contributed by atoms with Crippen molar-refractivity contribution in [1.82, 2.24) is 0 Å². The molecule has 0 aromatic carbocycles. The molecule has 5 N–H and O–H groups in total. The van der Waals surface area contributed by atoms with Crippen LogP contribution in [0, 0.1) is 0 Å². The number of aliphatic hydroxyl groups excluding tert-OH is 2. The summed E-state index contributed by atoms with van der Waals surface area (Å²) in [5.74, 6) is -1.27. The van der Waals surface area contributed by atoms with Crippen molar-refractivity contribution in [3.05, 3.63) is 146 Å². The summed E-state index contributed by atoms with van der Waals surface area (Å²) in [6.07, 6.45) is 54.6. The van der Waals surface area contributed by atoms with Crippen LogP contribution in [0.3, 0.4) is 0 Å². The molecular formula is C50H76O14P2. The van der Waals surface area contributed by atoms with Crippen molar-refractivity contribution in [3.63, 3.8) is 0 Å². The van der Waals surface area contributed by atoms with Crippen molar-refractivity contribution in [1.29, 1.82) is 0 Å². The van der Waals surface area contributed by atoms with Gasteiger partial charge in [-0.1, -0.05) is 160 Å². The molecule has 0 aliphatic heterocycles. The monoisotopic (exact) mass is 962 g/mol. The maximum absolute atomic E-state index is 12.7. The minimum Gasteiger partial charge on any atom is -0.462 e. The molecule has 66 heavy (non-hydrogen) atoms. The number of esters is 2. The molecule has 0 aliphatic rings. The van der Waals surface area contributed by atoms with E-state index in [4.69, 9.17) is 23.8 Å². The van der Waals surface area contributed by atoms with E-state index < -0.39 is 72.3 Å². The second-order valence-corrected chi connectivity index (χ2v) is 17.1. The van der Waals surface area contributed by atoms with Crippen molar-refractivity contribution in [2.24, 2.45) is 0 Å². The Bertz CT molecular complexity index is 1730. The van der Waals surface area contributed by atoms with Crippen LogP contribution in [0.1, 0.15) is 110 Å². The van der Waals surface area contributed by atoms with Crippen LogP contribution in [-0.2, 0) is 41.8 Å². The first-order chi connectivity index (χ1) is 31.8. The summed E-state index contributed by atoms with van der Waals surface area (Å²) in [5.41, 5.74) is 0. The zero-order valence-electron chi connectivity index (χ0n) is 38.8. The molecule has 0 aromatic heterocycles. The molecular weight excluding hydrogens is 886 g/mol. The molecule has 0 heterocycles. The van der Waals surface area contributed by atoms with E-state index in [1.165, 1.54) is 0 Å². The Morgan fingerprint density at radius 2 is 0.894 bits per heavy atom. The van der Waals surface area contributed by atoms with Gasteiger partial charge in [0.2, 0.25) is 0 Å². The molecule has 0 saturated carbocycles. The standard InChI is InChI=1S/C50H76O14P2/c1-3-5-7-9-11-12-13-14-15-16-17-18-19-20-21-26-29-33-37-41-50(54)64-48(45-63-66(58,59)62-43-47(52)42-61-65(55,56)57)44-60-49(53)40-36-32-28-25-23-22-24-27-31-35-39-46(51)38-34-30-10-8-6-4-2/h5-8,11-12,14-15,17-18,20-23,27-35,39,46-48,51-52H,3-4,9-10,13,16,19,24-26,36-38,40-45H2,1-2H3,(H,58,59)(H2,55,56,57)/b7-5-,8-6-,12-11-,15-14-,18-17-,21-20-,23-22-,31-27-,32-28-,33-29-,34-30-,39-35+/t46?,47-,48+/m0/s1. The van der Waals surface area contributed by atoms with E-state index in [1.54, 1.807) is 6.08 Å². The van der Waals surface area contributed by atoms with E-state index in [2.05, 4.69) is 89.7 Å². The summed E-state index contributed by atoms with van der Waals surface area (Å²) in [7, 11) is -9.76. The quantitative estimate of drug-likeness (QED) is 0.0167. The second kappa shape index (κ2) is 43.5. The highest BCUT2D eigenvalue weighted by Gasteiger charge is 2.28. The first kappa shape index (κ1) is 62.0. The number of carbonyl (C=O) groups is 2. The van der Waals surface area contributed by atoms with E-state index in [0.29, 0.717) is 32.1 Å². The Kier molecular flexibility index (Phi) is 40.9. The summed E-state index contributed by atoms with van der Waals surface area (Å²) in [6.45, 7) is 1.25. The van der Waals surface area contributed by atoms with Gasteiger partial charge in [0.1, 0.15) is 12.7 Å². The van der Waals surface area contributed by atoms with Gasteiger partial charge in [-0.3, -0.25) is 23.2 Å². The molecule has 0 amide bonds. The van der Waals surface area contributed by atoms with Crippen LogP contribution in [0.25, 0.3) is 0 Å². The molecule has 0 spiro atoms. The van der Waals surface area contributed by atoms with Crippen LogP contribution in [0.2, 0.25) is 0 Å². The number of phosphoric acid groups is 2. The number of allylic oxidation sites excluding steroid dienone is 22. The zero-order valence-corrected chi connectivity index (χ0v) is 40.6. The number of ether oxygens (including phenoxy) is 2. The Labute approximate surface area is 393 Å². The zero-order chi connectivity index (χ0) is 48.8. The van der Waals surface area contributed by atoms with E-state index in [-0.39, 0.29) is 12.8 Å². The molecule has 16 heteroatoms. The lowest BCUT2D eigenvalue weighted by Crippen LogP contribution is -2.29. The second-order valence-electron chi connectivity index (χ2n) is 14.4. The first-order valence-electron chi connectivity index (χ1n) is 22.6. The number of phosphoric ester groups is 2. The van der Waals surface area contributed by atoms with Gasteiger partial charge in [0.05, 0.1) is 25.9 Å². The predicted octanol–water partition coefficient (Wildman–Crippen LogP) is 11.0. The third kappa shape index (κ3) is 46.5.